The van der Waals surface area contributed by atoms with Crippen LogP contribution >= 0.6 is 0 Å². The van der Waals surface area contributed by atoms with E-state index in [0.717, 1.165) is 6.42 Å². The Bertz CT molecular complexity index is 102. The van der Waals surface area contributed by atoms with Crippen LogP contribution in [0, 0.1) is 0 Å². The van der Waals surface area contributed by atoms with Crippen molar-refractivity contribution in [1.29, 1.82) is 0 Å². The molecule has 0 bridgehead atoms. The Morgan fingerprint density at radius 2 is 1.91 bits per heavy atom. The smallest absolute Gasteiger partial charge is 0.0859 e. The maximum absolute atomic E-state index is 5.34. The van der Waals surface area contributed by atoms with Crippen LogP contribution in [-0.4, -0.2) is 18.3 Å². The lowest BCUT2D eigenvalue weighted by Gasteiger charge is -2.21. The molecule has 0 aromatic rings. The predicted molar refractivity (Wildman–Crippen MR) is 45.1 cm³/mol. The molecule has 0 aliphatic heterocycles. The van der Waals surface area contributed by atoms with E-state index in [9.17, 15) is 0 Å². The van der Waals surface area contributed by atoms with Gasteiger partial charge in [-0.05, 0) is 27.7 Å². The van der Waals surface area contributed by atoms with Gasteiger partial charge in [0.05, 0.1) is 11.7 Å². The summed E-state index contributed by atoms with van der Waals surface area (Å²) in [7, 11) is 0. The van der Waals surface area contributed by atoms with Crippen molar-refractivity contribution < 1.29 is 9.57 Å². The molecule has 0 aromatic heterocycles. The zero-order valence-electron chi connectivity index (χ0n) is 7.89. The third-order valence-corrected chi connectivity index (χ3v) is 1.47. The Morgan fingerprint density at radius 3 is 2.27 bits per heavy atom. The van der Waals surface area contributed by atoms with Crippen LogP contribution in [0.3, 0.4) is 0 Å². The number of rotatable bonds is 5. The Balaban J connectivity index is 3.38. The van der Waals surface area contributed by atoms with E-state index in [1.54, 1.807) is 0 Å². The average Bonchev–Trinajstić information content (AvgIpc) is 1.87. The van der Waals surface area contributed by atoms with Crippen molar-refractivity contribution in [3.8, 4) is 0 Å². The predicted octanol–water partition coefficient (Wildman–Crippen LogP) is 1.47. The lowest BCUT2D eigenvalue weighted by atomic mass is 10.1. The minimum absolute atomic E-state index is 0.269. The zero-order valence-corrected chi connectivity index (χ0v) is 7.89. The van der Waals surface area contributed by atoms with Gasteiger partial charge in [0.25, 0.3) is 0 Å². The summed E-state index contributed by atoms with van der Waals surface area (Å²) >= 11 is 0. The van der Waals surface area contributed by atoms with E-state index in [1.807, 2.05) is 27.7 Å². The van der Waals surface area contributed by atoms with Crippen LogP contribution in [-0.2, 0) is 9.57 Å². The quantitative estimate of drug-likeness (QED) is 0.621. The Hall–Kier alpha value is -0.120. The number of nitrogens with two attached hydrogens (primary N) is 1. The molecule has 3 nitrogen and oxygen atoms in total. The summed E-state index contributed by atoms with van der Waals surface area (Å²) in [5, 5.41) is 0. The van der Waals surface area contributed by atoms with Gasteiger partial charge in [0.2, 0.25) is 0 Å². The largest absolute Gasteiger partial charge is 0.379 e. The van der Waals surface area contributed by atoms with Gasteiger partial charge in [0.1, 0.15) is 0 Å². The van der Waals surface area contributed by atoms with Gasteiger partial charge in [-0.1, -0.05) is 0 Å². The maximum atomic E-state index is 5.34. The second-order valence-corrected chi connectivity index (χ2v) is 3.55. The van der Waals surface area contributed by atoms with Gasteiger partial charge in [-0.25, -0.2) is 5.90 Å². The summed E-state index contributed by atoms with van der Waals surface area (Å²) in [6, 6.07) is 0. The van der Waals surface area contributed by atoms with Crippen LogP contribution in [0.5, 0.6) is 0 Å². The van der Waals surface area contributed by atoms with E-state index in [1.165, 1.54) is 0 Å². The molecule has 0 saturated heterocycles. The minimum atomic E-state index is -0.269. The van der Waals surface area contributed by atoms with Gasteiger partial charge in [-0.3, -0.25) is 4.84 Å². The van der Waals surface area contributed by atoms with Crippen molar-refractivity contribution in [2.24, 2.45) is 5.90 Å². The highest BCUT2D eigenvalue weighted by Crippen LogP contribution is 2.11. The minimum Gasteiger partial charge on any atom is -0.379 e. The van der Waals surface area contributed by atoms with Gasteiger partial charge in [0, 0.05) is 13.0 Å². The van der Waals surface area contributed by atoms with Crippen LogP contribution in [0.25, 0.3) is 0 Å². The summed E-state index contributed by atoms with van der Waals surface area (Å²) in [5.41, 5.74) is -0.269. The van der Waals surface area contributed by atoms with Crippen molar-refractivity contribution >= 4 is 0 Å². The molecule has 0 radical (unpaired) electrons. The molecule has 0 saturated carbocycles. The summed E-state index contributed by atoms with van der Waals surface area (Å²) in [6.45, 7) is 8.60. The van der Waals surface area contributed by atoms with Crippen molar-refractivity contribution in [1.82, 2.24) is 0 Å². The molecule has 0 atom stereocenters. The van der Waals surface area contributed by atoms with E-state index >= 15 is 0 Å². The number of hydrogen-bond acceptors (Lipinski definition) is 3. The Morgan fingerprint density at radius 1 is 1.36 bits per heavy atom. The van der Waals surface area contributed by atoms with E-state index in [4.69, 9.17) is 15.5 Å². The fourth-order valence-electron chi connectivity index (χ4n) is 0.599. The molecule has 68 valence electrons. The van der Waals surface area contributed by atoms with E-state index in [-0.39, 0.29) is 11.7 Å². The zero-order chi connectivity index (χ0) is 8.91. The Labute approximate surface area is 68.8 Å². The normalized spacial score (nSPS) is 12.5. The molecule has 11 heavy (non-hydrogen) atoms. The van der Waals surface area contributed by atoms with Crippen molar-refractivity contribution in [3.05, 3.63) is 0 Å². The third kappa shape index (κ3) is 6.28. The maximum Gasteiger partial charge on any atom is 0.0859 e. The lowest BCUT2D eigenvalue weighted by Crippen LogP contribution is -2.30. The third-order valence-electron chi connectivity index (χ3n) is 1.47. The molecule has 0 aliphatic carbocycles. The molecule has 0 heterocycles. The first kappa shape index (κ1) is 10.9. The highest BCUT2D eigenvalue weighted by atomic mass is 16.6. The topological polar surface area (TPSA) is 44.5 Å². The van der Waals surface area contributed by atoms with Gasteiger partial charge in [-0.15, -0.1) is 0 Å². The lowest BCUT2D eigenvalue weighted by molar-refractivity contribution is -0.0490. The van der Waals surface area contributed by atoms with E-state index in [2.05, 4.69) is 0 Å². The molecule has 0 aliphatic rings. The van der Waals surface area contributed by atoms with E-state index in [0.29, 0.717) is 6.61 Å². The average molecular weight is 161 g/mol. The molecule has 0 spiro atoms. The second kappa shape index (κ2) is 4.70. The first-order valence-corrected chi connectivity index (χ1v) is 3.97. The molecular formula is C8H19NO2. The van der Waals surface area contributed by atoms with Crippen molar-refractivity contribution in [3.63, 3.8) is 0 Å². The van der Waals surface area contributed by atoms with Crippen LogP contribution < -0.4 is 5.90 Å². The highest BCUT2D eigenvalue weighted by molar-refractivity contribution is 4.66. The highest BCUT2D eigenvalue weighted by Gasteiger charge is 2.16. The second-order valence-electron chi connectivity index (χ2n) is 3.55. The fourth-order valence-corrected chi connectivity index (χ4v) is 0.599. The molecule has 0 amide bonds. The van der Waals surface area contributed by atoms with E-state index < -0.39 is 0 Å². The van der Waals surface area contributed by atoms with Gasteiger partial charge >= 0.3 is 0 Å². The molecule has 0 rings (SSSR count). The molecule has 2 N–H and O–H groups in total. The van der Waals surface area contributed by atoms with Gasteiger partial charge < -0.3 is 4.74 Å². The Kier molecular flexibility index (Phi) is 4.65. The summed E-state index contributed by atoms with van der Waals surface area (Å²) in [5.74, 6) is 5.07. The standard InChI is InChI=1S/C8H19NO2/c1-7(2)10-6-5-8(3,4)11-9/h7H,5-6,9H2,1-4H3. The molecule has 3 heteroatoms. The molecule has 0 aromatic carbocycles. The summed E-state index contributed by atoms with van der Waals surface area (Å²) in [4.78, 5) is 4.74. The first-order chi connectivity index (χ1) is 4.98. The first-order valence-electron chi connectivity index (χ1n) is 3.97. The summed E-state index contributed by atoms with van der Waals surface area (Å²) < 4.78 is 5.34. The number of hydrogen-bond donors (Lipinski definition) is 1. The van der Waals surface area contributed by atoms with Gasteiger partial charge in [0.15, 0.2) is 0 Å². The molecule has 0 unspecified atom stereocenters. The SMILES string of the molecule is CC(C)OCCC(C)(C)ON. The fraction of sp³-hybridized carbons (Fsp3) is 1.00. The van der Waals surface area contributed by atoms with Crippen LogP contribution in [0.4, 0.5) is 0 Å². The summed E-state index contributed by atoms with van der Waals surface area (Å²) in [6.07, 6.45) is 1.10. The van der Waals surface area contributed by atoms with Crippen LogP contribution in [0.15, 0.2) is 0 Å². The van der Waals surface area contributed by atoms with Crippen molar-refractivity contribution in [2.45, 2.75) is 45.8 Å². The van der Waals surface area contributed by atoms with Crippen LogP contribution in [0.1, 0.15) is 34.1 Å². The van der Waals surface area contributed by atoms with Crippen molar-refractivity contribution in [2.75, 3.05) is 6.61 Å². The molecular weight excluding hydrogens is 142 g/mol. The monoisotopic (exact) mass is 161 g/mol. The molecule has 0 fully saturated rings. The van der Waals surface area contributed by atoms with Gasteiger partial charge in [-0.2, -0.15) is 0 Å². The van der Waals surface area contributed by atoms with Crippen LogP contribution in [0.2, 0.25) is 0 Å². The number of ether oxygens (including phenoxy) is 1.